The highest BCUT2D eigenvalue weighted by molar-refractivity contribution is 6.37. The molecule has 0 heterocycles. The fourth-order valence-electron chi connectivity index (χ4n) is 1.03. The molecule has 0 aliphatic rings. The van der Waals surface area contributed by atoms with Crippen molar-refractivity contribution in [2.45, 2.75) is 32.7 Å². The summed E-state index contributed by atoms with van der Waals surface area (Å²) in [4.78, 5) is 11.1. The van der Waals surface area contributed by atoms with Gasteiger partial charge in [-0.3, -0.25) is 4.79 Å². The molecule has 0 aliphatic carbocycles. The molecule has 0 aromatic heterocycles. The van der Waals surface area contributed by atoms with Gasteiger partial charge in [-0.05, 0) is 19.9 Å². The Balaban J connectivity index is 3.81. The van der Waals surface area contributed by atoms with Crippen LogP contribution in [0, 0.1) is 5.92 Å². The second kappa shape index (κ2) is 8.88. The average molecular weight is 232 g/mol. The molecule has 0 spiro atoms. The van der Waals surface area contributed by atoms with E-state index in [0.717, 1.165) is 6.04 Å². The van der Waals surface area contributed by atoms with Crippen LogP contribution in [-0.2, 0) is 19.0 Å². The maximum atomic E-state index is 11.1. The third-order valence-electron chi connectivity index (χ3n) is 1.83. The molecule has 15 heavy (non-hydrogen) atoms. The summed E-state index contributed by atoms with van der Waals surface area (Å²) in [6, 6.07) is 0.747. The molecule has 0 aromatic carbocycles. The lowest BCUT2D eigenvalue weighted by Crippen LogP contribution is -2.27. The number of methoxy groups -OCH3 is 1. The van der Waals surface area contributed by atoms with Gasteiger partial charge in [0.1, 0.15) is 15.4 Å². The van der Waals surface area contributed by atoms with Gasteiger partial charge >= 0.3 is 5.97 Å². The SMILES string of the molecule is CCOC(OCC)[Si]CC(C)C(=O)OC. The number of hydrogen-bond acceptors (Lipinski definition) is 4. The fourth-order valence-corrected chi connectivity index (χ4v) is 2.31. The van der Waals surface area contributed by atoms with E-state index in [1.54, 1.807) is 0 Å². The van der Waals surface area contributed by atoms with E-state index in [1.807, 2.05) is 20.8 Å². The molecule has 0 N–H and O–H groups in total. The van der Waals surface area contributed by atoms with E-state index >= 15 is 0 Å². The third-order valence-corrected chi connectivity index (χ3v) is 3.35. The van der Waals surface area contributed by atoms with Crippen LogP contribution in [0.4, 0.5) is 0 Å². The zero-order valence-corrected chi connectivity index (χ0v) is 10.9. The minimum atomic E-state index is -0.174. The van der Waals surface area contributed by atoms with Crippen molar-refractivity contribution in [1.82, 2.24) is 0 Å². The topological polar surface area (TPSA) is 44.8 Å². The summed E-state index contributed by atoms with van der Waals surface area (Å²) in [7, 11) is 1.88. The van der Waals surface area contributed by atoms with Crippen LogP contribution in [0.3, 0.4) is 0 Å². The summed E-state index contributed by atoms with van der Waals surface area (Å²) in [5.74, 6) is -0.432. The first-order chi connectivity index (χ1) is 7.15. The van der Waals surface area contributed by atoms with Crippen molar-refractivity contribution >= 4 is 15.5 Å². The highest BCUT2D eigenvalue weighted by atomic mass is 28.2. The van der Waals surface area contributed by atoms with Crippen molar-refractivity contribution in [1.29, 1.82) is 0 Å². The van der Waals surface area contributed by atoms with Gasteiger partial charge in [0, 0.05) is 13.2 Å². The van der Waals surface area contributed by atoms with Crippen LogP contribution >= 0.6 is 0 Å². The molecule has 0 saturated carbocycles. The predicted octanol–water partition coefficient (Wildman–Crippen LogP) is 1.27. The van der Waals surface area contributed by atoms with E-state index in [2.05, 4.69) is 4.74 Å². The van der Waals surface area contributed by atoms with E-state index in [1.165, 1.54) is 7.11 Å². The Labute approximate surface area is 94.1 Å². The normalized spacial score (nSPS) is 12.9. The second-order valence-electron chi connectivity index (χ2n) is 3.08. The lowest BCUT2D eigenvalue weighted by molar-refractivity contribution is -0.144. The molecule has 2 radical (unpaired) electrons. The number of carbonyl (C=O) groups excluding carboxylic acids is 1. The van der Waals surface area contributed by atoms with Gasteiger partial charge in [0.15, 0.2) is 0 Å². The highest BCUT2D eigenvalue weighted by Crippen LogP contribution is 2.07. The quantitative estimate of drug-likeness (QED) is 0.359. The molecule has 0 saturated heterocycles. The molecule has 1 unspecified atom stereocenters. The Hall–Kier alpha value is -0.393. The lowest BCUT2D eigenvalue weighted by atomic mass is 10.2. The van der Waals surface area contributed by atoms with E-state index in [0.29, 0.717) is 22.7 Å². The van der Waals surface area contributed by atoms with Crippen LogP contribution in [0.1, 0.15) is 20.8 Å². The van der Waals surface area contributed by atoms with Crippen molar-refractivity contribution in [2.75, 3.05) is 20.3 Å². The molecular formula is C10H20O4Si. The number of ether oxygens (including phenoxy) is 3. The van der Waals surface area contributed by atoms with E-state index in [4.69, 9.17) is 9.47 Å². The summed E-state index contributed by atoms with van der Waals surface area (Å²) in [6.45, 7) is 6.97. The van der Waals surface area contributed by atoms with Gasteiger partial charge < -0.3 is 14.2 Å². The van der Waals surface area contributed by atoms with Crippen LogP contribution in [0.2, 0.25) is 6.04 Å². The summed E-state index contributed by atoms with van der Waals surface area (Å²) < 4.78 is 15.4. The Bertz CT molecular complexity index is 169. The molecular weight excluding hydrogens is 212 g/mol. The van der Waals surface area contributed by atoms with Gasteiger partial charge in [0.2, 0.25) is 0 Å². The van der Waals surface area contributed by atoms with Crippen LogP contribution < -0.4 is 0 Å². The van der Waals surface area contributed by atoms with Gasteiger partial charge in [0.25, 0.3) is 0 Å². The van der Waals surface area contributed by atoms with Gasteiger partial charge in [-0.25, -0.2) is 0 Å². The van der Waals surface area contributed by atoms with Crippen molar-refractivity contribution in [2.24, 2.45) is 5.92 Å². The lowest BCUT2D eigenvalue weighted by Gasteiger charge is -2.17. The minimum Gasteiger partial charge on any atom is -0.469 e. The van der Waals surface area contributed by atoms with Crippen LogP contribution in [0.15, 0.2) is 0 Å². The summed E-state index contributed by atoms with van der Waals surface area (Å²) in [5, 5.41) is 0. The summed E-state index contributed by atoms with van der Waals surface area (Å²) >= 11 is 0. The van der Waals surface area contributed by atoms with Gasteiger partial charge in [-0.2, -0.15) is 0 Å². The minimum absolute atomic E-state index is 0.0863. The zero-order chi connectivity index (χ0) is 11.7. The molecule has 0 aromatic rings. The van der Waals surface area contributed by atoms with Crippen molar-refractivity contribution in [3.8, 4) is 0 Å². The summed E-state index contributed by atoms with van der Waals surface area (Å²) in [5.41, 5.74) is 0. The maximum Gasteiger partial charge on any atom is 0.308 e. The molecule has 0 bridgehead atoms. The maximum absolute atomic E-state index is 11.1. The average Bonchev–Trinajstić information content (AvgIpc) is 2.25. The van der Waals surface area contributed by atoms with Crippen molar-refractivity contribution < 1.29 is 19.0 Å². The molecule has 1 atom stereocenters. The standard InChI is InChI=1S/C10H20O4Si/c1-5-13-10(14-6-2)15-7-8(3)9(11)12-4/h8,10H,5-7H2,1-4H3. The molecule has 4 nitrogen and oxygen atoms in total. The largest absolute Gasteiger partial charge is 0.469 e. The van der Waals surface area contributed by atoms with Gasteiger partial charge in [-0.1, -0.05) is 6.92 Å². The highest BCUT2D eigenvalue weighted by Gasteiger charge is 2.17. The Morgan fingerprint density at radius 2 is 1.80 bits per heavy atom. The zero-order valence-electron chi connectivity index (χ0n) is 9.91. The molecule has 5 heteroatoms. The van der Waals surface area contributed by atoms with E-state index < -0.39 is 0 Å². The third kappa shape index (κ3) is 6.65. The van der Waals surface area contributed by atoms with E-state index in [9.17, 15) is 4.79 Å². The number of rotatable bonds is 8. The smallest absolute Gasteiger partial charge is 0.308 e. The predicted molar refractivity (Wildman–Crippen MR) is 58.8 cm³/mol. The summed E-state index contributed by atoms with van der Waals surface area (Å²) in [6.07, 6.45) is 0. The Kier molecular flexibility index (Phi) is 8.65. The van der Waals surface area contributed by atoms with Crippen LogP contribution in [0.25, 0.3) is 0 Å². The first-order valence-electron chi connectivity index (χ1n) is 5.20. The van der Waals surface area contributed by atoms with Crippen LogP contribution in [0.5, 0.6) is 0 Å². The Morgan fingerprint density at radius 3 is 2.20 bits per heavy atom. The monoisotopic (exact) mass is 232 g/mol. The van der Waals surface area contributed by atoms with Crippen molar-refractivity contribution in [3.05, 3.63) is 0 Å². The van der Waals surface area contributed by atoms with Gasteiger partial charge in [0.05, 0.1) is 13.0 Å². The van der Waals surface area contributed by atoms with Crippen LogP contribution in [-0.4, -0.2) is 41.7 Å². The first-order valence-corrected chi connectivity index (χ1v) is 6.48. The first kappa shape index (κ1) is 14.6. The van der Waals surface area contributed by atoms with Gasteiger partial charge in [-0.15, -0.1) is 0 Å². The Morgan fingerprint density at radius 1 is 1.27 bits per heavy atom. The molecule has 88 valence electrons. The number of carbonyl (C=O) groups is 1. The molecule has 0 fully saturated rings. The van der Waals surface area contributed by atoms with Crippen molar-refractivity contribution in [3.63, 3.8) is 0 Å². The fraction of sp³-hybridized carbons (Fsp3) is 0.900. The number of hydrogen-bond donors (Lipinski definition) is 0. The number of esters is 1. The van der Waals surface area contributed by atoms with E-state index in [-0.39, 0.29) is 17.8 Å². The molecule has 0 aliphatic heterocycles. The molecule has 0 rings (SSSR count). The molecule has 0 amide bonds. The second-order valence-corrected chi connectivity index (χ2v) is 4.36.